The van der Waals surface area contributed by atoms with E-state index >= 15 is 0 Å². The molecule has 0 spiro atoms. The number of hydrogen-bond donors (Lipinski definition) is 1. The van der Waals surface area contributed by atoms with E-state index in [9.17, 15) is 14.4 Å². The third-order valence-corrected chi connectivity index (χ3v) is 5.32. The topological polar surface area (TPSA) is 84.3 Å². The van der Waals surface area contributed by atoms with Crippen LogP contribution in [0, 0.1) is 25.7 Å². The van der Waals surface area contributed by atoms with Crippen molar-refractivity contribution >= 4 is 23.4 Å². The normalized spacial score (nSPS) is 21.1. The number of nitrogens with one attached hydrogen (secondary N) is 1. The average Bonchev–Trinajstić information content (AvgIpc) is 3.14. The minimum absolute atomic E-state index is 0.249. The van der Waals surface area contributed by atoms with Gasteiger partial charge in [0.05, 0.1) is 28.9 Å². The molecule has 1 aliphatic heterocycles. The second-order valence-corrected chi connectivity index (χ2v) is 7.32. The van der Waals surface area contributed by atoms with Crippen LogP contribution in [0.15, 0.2) is 42.5 Å². The molecule has 7 nitrogen and oxygen atoms in total. The molecule has 144 valence electrons. The van der Waals surface area contributed by atoms with Crippen LogP contribution >= 0.6 is 0 Å². The number of carbonyl (C=O) groups is 3. The Morgan fingerprint density at radius 2 is 1.75 bits per heavy atom. The van der Waals surface area contributed by atoms with E-state index in [2.05, 4.69) is 10.4 Å². The zero-order valence-corrected chi connectivity index (χ0v) is 15.9. The molecule has 1 N–H and O–H groups in total. The molecule has 1 aromatic heterocycles. The van der Waals surface area contributed by atoms with Gasteiger partial charge in [-0.3, -0.25) is 19.3 Å². The number of imide groups is 1. The Morgan fingerprint density at radius 1 is 1.11 bits per heavy atom. The second-order valence-electron chi connectivity index (χ2n) is 7.32. The molecule has 0 bridgehead atoms. The number of anilines is 1. The van der Waals surface area contributed by atoms with Gasteiger partial charge in [0.15, 0.2) is 0 Å². The molecule has 1 saturated heterocycles. The predicted molar refractivity (Wildman–Crippen MR) is 104 cm³/mol. The van der Waals surface area contributed by atoms with E-state index < -0.39 is 5.91 Å². The van der Waals surface area contributed by atoms with Gasteiger partial charge in [0.2, 0.25) is 17.7 Å². The predicted octanol–water partition coefficient (Wildman–Crippen LogP) is 2.38. The number of fused-ring (bicyclic) bond motifs is 1. The number of carbonyl (C=O) groups excluding carboxylic acids is 3. The van der Waals surface area contributed by atoms with Crippen LogP contribution in [-0.2, 0) is 14.4 Å². The number of aryl methyl sites for hydroxylation is 2. The van der Waals surface area contributed by atoms with Crippen molar-refractivity contribution in [3.63, 3.8) is 0 Å². The first-order chi connectivity index (χ1) is 13.5. The van der Waals surface area contributed by atoms with Crippen LogP contribution < -0.4 is 5.32 Å². The lowest BCUT2D eigenvalue weighted by Gasteiger charge is -2.16. The van der Waals surface area contributed by atoms with Gasteiger partial charge >= 0.3 is 0 Å². The second kappa shape index (κ2) is 7.07. The standard InChI is InChI=1S/C21H22N4O3/c1-13-11-14(2)25(23-13)18-10-6-5-9-17(18)22-19(26)12-24-20(27)15-7-3-4-8-16(15)21(24)28/h3-6,9-11,15-16H,7-8,12H2,1-2H3,(H,22,26)/t15-,16+. The van der Waals surface area contributed by atoms with Gasteiger partial charge in [-0.15, -0.1) is 0 Å². The highest BCUT2D eigenvalue weighted by Crippen LogP contribution is 2.35. The third kappa shape index (κ3) is 3.13. The van der Waals surface area contributed by atoms with E-state index in [0.29, 0.717) is 18.5 Å². The molecule has 1 fully saturated rings. The fourth-order valence-corrected chi connectivity index (χ4v) is 3.99. The summed E-state index contributed by atoms with van der Waals surface area (Å²) in [6, 6.07) is 9.28. The Balaban J connectivity index is 1.52. The first kappa shape index (κ1) is 18.2. The molecule has 2 aromatic rings. The van der Waals surface area contributed by atoms with Gasteiger partial charge in [-0.1, -0.05) is 24.3 Å². The SMILES string of the molecule is Cc1cc(C)n(-c2ccccc2NC(=O)CN2C(=O)[C@H]3CC=CC[C@H]3C2=O)n1. The van der Waals surface area contributed by atoms with Crippen LogP contribution in [0.25, 0.3) is 5.69 Å². The number of aromatic nitrogens is 2. The Morgan fingerprint density at radius 3 is 2.36 bits per heavy atom. The maximum atomic E-state index is 12.6. The van der Waals surface area contributed by atoms with E-state index in [1.807, 2.05) is 50.3 Å². The van der Waals surface area contributed by atoms with Crippen molar-refractivity contribution in [3.8, 4) is 5.69 Å². The molecule has 4 rings (SSSR count). The third-order valence-electron chi connectivity index (χ3n) is 5.32. The molecule has 0 unspecified atom stereocenters. The number of para-hydroxylation sites is 2. The molecule has 0 saturated carbocycles. The molecule has 2 heterocycles. The minimum Gasteiger partial charge on any atom is -0.323 e. The number of likely N-dealkylation sites (tertiary alicyclic amines) is 1. The summed E-state index contributed by atoms with van der Waals surface area (Å²) in [7, 11) is 0. The van der Waals surface area contributed by atoms with Crippen molar-refractivity contribution in [3.05, 3.63) is 53.9 Å². The monoisotopic (exact) mass is 378 g/mol. The number of amides is 3. The lowest BCUT2D eigenvalue weighted by molar-refractivity contribution is -0.142. The van der Waals surface area contributed by atoms with E-state index in [4.69, 9.17) is 0 Å². The summed E-state index contributed by atoms with van der Waals surface area (Å²) in [6.07, 6.45) is 4.99. The summed E-state index contributed by atoms with van der Waals surface area (Å²) < 4.78 is 1.76. The highest BCUT2D eigenvalue weighted by Gasteiger charge is 2.47. The summed E-state index contributed by atoms with van der Waals surface area (Å²) in [5, 5.41) is 7.30. The van der Waals surface area contributed by atoms with Crippen molar-refractivity contribution in [1.82, 2.24) is 14.7 Å². The molecule has 0 radical (unpaired) electrons. The molecule has 3 amide bonds. The van der Waals surface area contributed by atoms with E-state index in [1.54, 1.807) is 10.7 Å². The smallest absolute Gasteiger partial charge is 0.244 e. The molecule has 28 heavy (non-hydrogen) atoms. The lowest BCUT2D eigenvalue weighted by Crippen LogP contribution is -2.38. The summed E-state index contributed by atoms with van der Waals surface area (Å²) in [4.78, 5) is 38.8. The first-order valence-corrected chi connectivity index (χ1v) is 9.38. The van der Waals surface area contributed by atoms with Crippen LogP contribution in [0.2, 0.25) is 0 Å². The zero-order valence-electron chi connectivity index (χ0n) is 15.9. The lowest BCUT2D eigenvalue weighted by atomic mass is 9.85. The van der Waals surface area contributed by atoms with Crippen LogP contribution in [0.4, 0.5) is 5.69 Å². The van der Waals surface area contributed by atoms with Gasteiger partial charge < -0.3 is 5.32 Å². The Kier molecular flexibility index (Phi) is 4.58. The zero-order chi connectivity index (χ0) is 19.8. The largest absolute Gasteiger partial charge is 0.323 e. The molecule has 1 aliphatic carbocycles. The number of hydrogen-bond acceptors (Lipinski definition) is 4. The highest BCUT2D eigenvalue weighted by molar-refractivity contribution is 6.09. The highest BCUT2D eigenvalue weighted by atomic mass is 16.2. The van der Waals surface area contributed by atoms with Crippen molar-refractivity contribution in [1.29, 1.82) is 0 Å². The van der Waals surface area contributed by atoms with Gasteiger partial charge in [0, 0.05) is 5.69 Å². The van der Waals surface area contributed by atoms with E-state index in [-0.39, 0.29) is 30.2 Å². The van der Waals surface area contributed by atoms with Gasteiger partial charge in [0.1, 0.15) is 6.54 Å². The summed E-state index contributed by atoms with van der Waals surface area (Å²) in [6.45, 7) is 3.58. The Labute approximate surface area is 163 Å². The molecule has 7 heteroatoms. The molecule has 1 aromatic carbocycles. The molecule has 2 atom stereocenters. The van der Waals surface area contributed by atoms with Gasteiger partial charge in [-0.2, -0.15) is 5.10 Å². The maximum absolute atomic E-state index is 12.6. The quantitative estimate of drug-likeness (QED) is 0.654. The summed E-state index contributed by atoms with van der Waals surface area (Å²) >= 11 is 0. The van der Waals surface area contributed by atoms with Crippen molar-refractivity contribution < 1.29 is 14.4 Å². The van der Waals surface area contributed by atoms with Gasteiger partial charge in [0.25, 0.3) is 0 Å². The maximum Gasteiger partial charge on any atom is 0.244 e. The van der Waals surface area contributed by atoms with Gasteiger partial charge in [-0.25, -0.2) is 4.68 Å². The fourth-order valence-electron chi connectivity index (χ4n) is 3.99. The van der Waals surface area contributed by atoms with E-state index in [1.165, 1.54) is 0 Å². The molecular weight excluding hydrogens is 356 g/mol. The Hall–Kier alpha value is -3.22. The van der Waals surface area contributed by atoms with Crippen molar-refractivity contribution in [2.24, 2.45) is 11.8 Å². The Bertz CT molecular complexity index is 965. The van der Waals surface area contributed by atoms with Crippen LogP contribution in [0.5, 0.6) is 0 Å². The van der Waals surface area contributed by atoms with Crippen LogP contribution in [0.3, 0.4) is 0 Å². The average molecular weight is 378 g/mol. The number of nitrogens with zero attached hydrogens (tertiary/aromatic N) is 3. The number of benzene rings is 1. The first-order valence-electron chi connectivity index (χ1n) is 9.38. The minimum atomic E-state index is -0.401. The number of rotatable bonds is 4. The summed E-state index contributed by atoms with van der Waals surface area (Å²) in [5.74, 6) is -1.55. The molecule has 2 aliphatic rings. The summed E-state index contributed by atoms with van der Waals surface area (Å²) in [5.41, 5.74) is 3.14. The van der Waals surface area contributed by atoms with Crippen molar-refractivity contribution in [2.45, 2.75) is 26.7 Å². The molecular formula is C21H22N4O3. The fraction of sp³-hybridized carbons (Fsp3) is 0.333. The van der Waals surface area contributed by atoms with Crippen LogP contribution in [0.1, 0.15) is 24.2 Å². The van der Waals surface area contributed by atoms with Gasteiger partial charge in [-0.05, 0) is 44.9 Å². The van der Waals surface area contributed by atoms with E-state index in [0.717, 1.165) is 22.0 Å². The van der Waals surface area contributed by atoms with Crippen molar-refractivity contribution in [2.75, 3.05) is 11.9 Å². The van der Waals surface area contributed by atoms with Crippen LogP contribution in [-0.4, -0.2) is 38.9 Å². The number of allylic oxidation sites excluding steroid dienone is 2.